The monoisotopic (exact) mass is 316 g/mol. The smallest absolute Gasteiger partial charge is 0.360 e. The summed E-state index contributed by atoms with van der Waals surface area (Å²) in [6, 6.07) is 11.4. The van der Waals surface area contributed by atoms with Gasteiger partial charge >= 0.3 is 5.16 Å². The van der Waals surface area contributed by atoms with E-state index in [4.69, 9.17) is 4.52 Å². The van der Waals surface area contributed by atoms with Crippen LogP contribution in [0.15, 0.2) is 52.4 Å². The Morgan fingerprint density at radius 2 is 2.23 bits per heavy atom. The van der Waals surface area contributed by atoms with Crippen molar-refractivity contribution in [2.45, 2.75) is 12.1 Å². The summed E-state index contributed by atoms with van der Waals surface area (Å²) in [6.45, 7) is 1.77. The van der Waals surface area contributed by atoms with Gasteiger partial charge in [-0.05, 0) is 35.8 Å². The second-order valence-corrected chi connectivity index (χ2v) is 5.44. The summed E-state index contributed by atoms with van der Waals surface area (Å²) in [5.41, 5.74) is 0.954. The van der Waals surface area contributed by atoms with Crippen molar-refractivity contribution in [1.29, 1.82) is 0 Å². The maximum Gasteiger partial charge on any atom is 0.385 e. The third-order valence-electron chi connectivity index (χ3n) is 2.80. The standard InChI is InChI=1S/C14H13N5O2S/c1-10-7-12(18-21-10)17-13(20)8-22-14-15-9-16-19(14)11-5-3-2-4-6-11/h2-7,9H,8H2,1H3,(H,17,18,20)/p+1. The largest absolute Gasteiger partial charge is 0.385 e. The van der Waals surface area contributed by atoms with Crippen molar-refractivity contribution in [3.05, 3.63) is 48.5 Å². The van der Waals surface area contributed by atoms with Gasteiger partial charge in [0, 0.05) is 6.07 Å². The first-order chi connectivity index (χ1) is 10.7. The number of aromatic nitrogens is 4. The van der Waals surface area contributed by atoms with Gasteiger partial charge < -0.3 is 9.84 Å². The summed E-state index contributed by atoms with van der Waals surface area (Å²) < 4.78 is 6.72. The number of aromatic amines is 1. The number of H-pyrrole nitrogens is 1. The fourth-order valence-electron chi connectivity index (χ4n) is 1.85. The minimum Gasteiger partial charge on any atom is -0.360 e. The molecule has 8 heteroatoms. The number of nitrogens with one attached hydrogen (secondary N) is 2. The Bertz CT molecular complexity index is 768. The normalized spacial score (nSPS) is 10.6. The summed E-state index contributed by atoms with van der Waals surface area (Å²) in [7, 11) is 0. The molecule has 0 spiro atoms. The lowest BCUT2D eigenvalue weighted by atomic mass is 10.3. The van der Waals surface area contributed by atoms with Crippen LogP contribution in [-0.4, -0.2) is 26.9 Å². The van der Waals surface area contributed by atoms with Crippen LogP contribution in [0, 0.1) is 6.92 Å². The van der Waals surface area contributed by atoms with Gasteiger partial charge in [0.2, 0.25) is 12.2 Å². The highest BCUT2D eigenvalue weighted by Gasteiger charge is 2.18. The summed E-state index contributed by atoms with van der Waals surface area (Å²) in [5.74, 6) is 1.13. The number of para-hydroxylation sites is 1. The van der Waals surface area contributed by atoms with E-state index < -0.39 is 0 Å². The molecule has 0 saturated heterocycles. The van der Waals surface area contributed by atoms with Gasteiger partial charge in [-0.2, -0.15) is 5.10 Å². The van der Waals surface area contributed by atoms with Crippen LogP contribution in [0.5, 0.6) is 0 Å². The van der Waals surface area contributed by atoms with E-state index in [1.807, 2.05) is 35.0 Å². The Morgan fingerprint density at radius 1 is 1.41 bits per heavy atom. The molecule has 3 aromatic rings. The van der Waals surface area contributed by atoms with Gasteiger partial charge in [0.05, 0.1) is 5.75 Å². The number of amides is 1. The number of aryl methyl sites for hydroxylation is 1. The van der Waals surface area contributed by atoms with Crippen molar-refractivity contribution in [3.8, 4) is 5.69 Å². The molecule has 0 saturated carbocycles. The van der Waals surface area contributed by atoms with Crippen molar-refractivity contribution in [2.75, 3.05) is 11.1 Å². The molecular formula is C14H14N5O2S+. The number of carbonyl (C=O) groups is 1. The molecule has 2 aromatic heterocycles. The minimum absolute atomic E-state index is 0.166. The predicted octanol–water partition coefficient (Wildman–Crippen LogP) is 1.71. The quantitative estimate of drug-likeness (QED) is 0.553. The molecular weight excluding hydrogens is 302 g/mol. The first kappa shape index (κ1) is 14.3. The van der Waals surface area contributed by atoms with Crippen LogP contribution in [0.1, 0.15) is 5.76 Å². The molecule has 0 unspecified atom stereocenters. The van der Waals surface area contributed by atoms with Crippen LogP contribution >= 0.6 is 11.8 Å². The fraction of sp³-hybridized carbons (Fsp3) is 0.143. The average Bonchev–Trinajstić information content (AvgIpc) is 3.15. The second kappa shape index (κ2) is 6.44. The van der Waals surface area contributed by atoms with E-state index >= 15 is 0 Å². The number of carbonyl (C=O) groups excluding carboxylic acids is 1. The maximum atomic E-state index is 11.9. The zero-order valence-corrected chi connectivity index (χ0v) is 12.6. The molecule has 112 valence electrons. The van der Waals surface area contributed by atoms with Crippen LogP contribution in [0.3, 0.4) is 0 Å². The molecule has 1 aromatic carbocycles. The number of benzene rings is 1. The number of thioether (sulfide) groups is 1. The third-order valence-corrected chi connectivity index (χ3v) is 3.75. The molecule has 0 aliphatic heterocycles. The number of hydrogen-bond acceptors (Lipinski definition) is 5. The van der Waals surface area contributed by atoms with E-state index in [2.05, 4.69) is 20.6 Å². The van der Waals surface area contributed by atoms with E-state index in [1.54, 1.807) is 19.3 Å². The Labute approximate surface area is 130 Å². The highest BCUT2D eigenvalue weighted by molar-refractivity contribution is 7.99. The zero-order chi connectivity index (χ0) is 15.4. The number of nitrogens with zero attached hydrogens (tertiary/aromatic N) is 3. The van der Waals surface area contributed by atoms with E-state index in [0.717, 1.165) is 5.69 Å². The lowest BCUT2D eigenvalue weighted by Gasteiger charge is -1.99. The average molecular weight is 316 g/mol. The van der Waals surface area contributed by atoms with Crippen molar-refractivity contribution >= 4 is 23.5 Å². The molecule has 1 amide bonds. The van der Waals surface area contributed by atoms with Crippen LogP contribution in [-0.2, 0) is 4.79 Å². The van der Waals surface area contributed by atoms with Crippen LogP contribution in [0.25, 0.3) is 5.69 Å². The molecule has 22 heavy (non-hydrogen) atoms. The van der Waals surface area contributed by atoms with E-state index in [-0.39, 0.29) is 11.7 Å². The molecule has 0 aliphatic carbocycles. The van der Waals surface area contributed by atoms with Crippen LogP contribution in [0.4, 0.5) is 5.82 Å². The molecule has 0 aliphatic rings. The lowest BCUT2D eigenvalue weighted by molar-refractivity contribution is -0.694. The topological polar surface area (TPSA) is 87.7 Å². The lowest BCUT2D eigenvalue weighted by Crippen LogP contribution is -2.35. The number of rotatable bonds is 5. The van der Waals surface area contributed by atoms with Crippen molar-refractivity contribution < 1.29 is 14.0 Å². The molecule has 2 N–H and O–H groups in total. The van der Waals surface area contributed by atoms with Gasteiger partial charge in [-0.15, -0.1) is 4.68 Å². The highest BCUT2D eigenvalue weighted by atomic mass is 32.2. The maximum absolute atomic E-state index is 11.9. The van der Waals surface area contributed by atoms with Crippen LogP contribution < -0.4 is 10.00 Å². The molecule has 0 atom stereocenters. The molecule has 2 heterocycles. The van der Waals surface area contributed by atoms with Crippen molar-refractivity contribution in [3.63, 3.8) is 0 Å². The number of hydrogen-bond donors (Lipinski definition) is 2. The van der Waals surface area contributed by atoms with E-state index in [0.29, 0.717) is 16.7 Å². The third kappa shape index (κ3) is 3.34. The van der Waals surface area contributed by atoms with Crippen molar-refractivity contribution in [2.24, 2.45) is 0 Å². The summed E-state index contributed by atoms with van der Waals surface area (Å²) in [6.07, 6.45) is 1.59. The fourth-order valence-corrected chi connectivity index (χ4v) is 2.60. The molecule has 0 bridgehead atoms. The first-order valence-electron chi connectivity index (χ1n) is 6.59. The van der Waals surface area contributed by atoms with Gasteiger partial charge in [-0.25, -0.2) is 0 Å². The Morgan fingerprint density at radius 3 is 2.95 bits per heavy atom. The van der Waals surface area contributed by atoms with Gasteiger partial charge in [0.15, 0.2) is 11.5 Å². The summed E-state index contributed by atoms with van der Waals surface area (Å²) in [5, 5.41) is 10.1. The van der Waals surface area contributed by atoms with Crippen LogP contribution in [0.2, 0.25) is 0 Å². The SMILES string of the molecule is Cc1cc(NC(=O)CSc2nc[nH][n+]2-c2ccccc2)no1. The molecule has 7 nitrogen and oxygen atoms in total. The second-order valence-electron chi connectivity index (χ2n) is 4.50. The minimum atomic E-state index is -0.166. The van der Waals surface area contributed by atoms with Gasteiger partial charge in [-0.3, -0.25) is 4.79 Å². The van der Waals surface area contributed by atoms with Gasteiger partial charge in [0.25, 0.3) is 0 Å². The summed E-state index contributed by atoms with van der Waals surface area (Å²) >= 11 is 1.33. The molecule has 3 rings (SSSR count). The van der Waals surface area contributed by atoms with Gasteiger partial charge in [-0.1, -0.05) is 23.4 Å². The first-order valence-corrected chi connectivity index (χ1v) is 7.58. The molecule has 0 fully saturated rings. The summed E-state index contributed by atoms with van der Waals surface area (Å²) in [4.78, 5) is 16.1. The zero-order valence-electron chi connectivity index (χ0n) is 11.8. The Balaban J connectivity index is 1.63. The van der Waals surface area contributed by atoms with Gasteiger partial charge in [0.1, 0.15) is 5.76 Å². The number of anilines is 1. The highest BCUT2D eigenvalue weighted by Crippen LogP contribution is 2.13. The van der Waals surface area contributed by atoms with Crippen molar-refractivity contribution in [1.82, 2.24) is 15.2 Å². The Kier molecular flexibility index (Phi) is 4.19. The Hall–Kier alpha value is -2.61. The van der Waals surface area contributed by atoms with E-state index in [1.165, 1.54) is 11.8 Å². The van der Waals surface area contributed by atoms with E-state index in [9.17, 15) is 4.79 Å². The predicted molar refractivity (Wildman–Crippen MR) is 80.7 cm³/mol. The molecule has 0 radical (unpaired) electrons.